The minimum absolute atomic E-state index is 0.321. The van der Waals surface area contributed by atoms with Gasteiger partial charge in [0.1, 0.15) is 5.69 Å². The highest BCUT2D eigenvalue weighted by atomic mass is 35.5. The fraction of sp³-hybridized carbons (Fsp3) is 0. The van der Waals surface area contributed by atoms with Gasteiger partial charge in [-0.15, -0.1) is 5.11 Å². The summed E-state index contributed by atoms with van der Waals surface area (Å²) in [6.45, 7) is 0. The molecule has 0 spiro atoms. The molecular weight excluding hydrogens is 236 g/mol. The van der Waals surface area contributed by atoms with Crippen molar-refractivity contribution in [1.29, 1.82) is 0 Å². The van der Waals surface area contributed by atoms with Gasteiger partial charge in [0.2, 0.25) is 0 Å². The van der Waals surface area contributed by atoms with Gasteiger partial charge < -0.3 is 0 Å². The first-order chi connectivity index (χ1) is 8.31. The maximum atomic E-state index is 10.7. The van der Waals surface area contributed by atoms with Gasteiger partial charge in [0, 0.05) is 5.56 Å². The smallest absolute Gasteiger partial charge is 0.151 e. The first-order valence-corrected chi connectivity index (χ1v) is 5.39. The number of halogens is 1. The van der Waals surface area contributed by atoms with Crippen molar-refractivity contribution in [2.45, 2.75) is 0 Å². The van der Waals surface area contributed by atoms with Crippen molar-refractivity contribution < 1.29 is 4.79 Å². The zero-order valence-corrected chi connectivity index (χ0v) is 9.63. The molecule has 0 aliphatic rings. The molecule has 3 nitrogen and oxygen atoms in total. The molecule has 2 aromatic carbocycles. The van der Waals surface area contributed by atoms with Crippen LogP contribution in [0.25, 0.3) is 0 Å². The van der Waals surface area contributed by atoms with Crippen LogP contribution in [0.4, 0.5) is 11.4 Å². The van der Waals surface area contributed by atoms with Gasteiger partial charge in [0.05, 0.1) is 10.7 Å². The number of carbonyl (C=O) groups is 1. The Morgan fingerprint density at radius 2 is 1.71 bits per heavy atom. The summed E-state index contributed by atoms with van der Waals surface area (Å²) in [6, 6.07) is 14.4. The van der Waals surface area contributed by atoms with Crippen molar-refractivity contribution in [3.05, 3.63) is 59.1 Å². The molecule has 0 amide bonds. The SMILES string of the molecule is O=Cc1cccc(N=Nc2ccccc2)c1Cl. The quantitative estimate of drug-likeness (QED) is 0.576. The minimum atomic E-state index is 0.321. The van der Waals surface area contributed by atoms with Crippen LogP contribution in [0.5, 0.6) is 0 Å². The first kappa shape index (κ1) is 11.5. The molecule has 0 aliphatic heterocycles. The molecule has 0 radical (unpaired) electrons. The third-order valence-electron chi connectivity index (χ3n) is 2.16. The lowest BCUT2D eigenvalue weighted by Crippen LogP contribution is -1.80. The Balaban J connectivity index is 2.31. The average molecular weight is 245 g/mol. The lowest BCUT2D eigenvalue weighted by molar-refractivity contribution is 0.112. The highest BCUT2D eigenvalue weighted by molar-refractivity contribution is 6.35. The maximum Gasteiger partial charge on any atom is 0.151 e. The Bertz CT molecular complexity index is 553. The lowest BCUT2D eigenvalue weighted by atomic mass is 10.2. The second-order valence-corrected chi connectivity index (χ2v) is 3.71. The zero-order chi connectivity index (χ0) is 12.1. The summed E-state index contributed by atoms with van der Waals surface area (Å²) in [7, 11) is 0. The zero-order valence-electron chi connectivity index (χ0n) is 8.88. The molecule has 84 valence electrons. The topological polar surface area (TPSA) is 41.8 Å². The van der Waals surface area contributed by atoms with E-state index in [0.717, 1.165) is 5.69 Å². The standard InChI is InChI=1S/C13H9ClN2O/c14-13-10(9-17)5-4-8-12(13)16-15-11-6-2-1-3-7-11/h1-9H. The summed E-state index contributed by atoms with van der Waals surface area (Å²) in [5.41, 5.74) is 1.64. The number of nitrogens with zero attached hydrogens (tertiary/aromatic N) is 2. The van der Waals surface area contributed by atoms with E-state index < -0.39 is 0 Å². The second-order valence-electron chi connectivity index (χ2n) is 3.33. The predicted octanol–water partition coefficient (Wildman–Crippen LogP) is 4.57. The summed E-state index contributed by atoms with van der Waals surface area (Å²) < 4.78 is 0. The number of rotatable bonds is 3. The van der Waals surface area contributed by atoms with Crippen molar-refractivity contribution in [2.75, 3.05) is 0 Å². The monoisotopic (exact) mass is 244 g/mol. The number of carbonyl (C=O) groups excluding carboxylic acids is 1. The third kappa shape index (κ3) is 2.77. The Morgan fingerprint density at radius 1 is 0.941 bits per heavy atom. The van der Waals surface area contributed by atoms with Crippen molar-refractivity contribution >= 4 is 29.3 Å². The number of azo groups is 1. The molecule has 0 saturated carbocycles. The Hall–Kier alpha value is -2.00. The molecule has 0 atom stereocenters. The highest BCUT2D eigenvalue weighted by Crippen LogP contribution is 2.28. The van der Waals surface area contributed by atoms with E-state index in [1.165, 1.54) is 0 Å². The third-order valence-corrected chi connectivity index (χ3v) is 2.58. The Kier molecular flexibility index (Phi) is 3.62. The van der Waals surface area contributed by atoms with Gasteiger partial charge in [-0.05, 0) is 18.2 Å². The van der Waals surface area contributed by atoms with Crippen LogP contribution in [0, 0.1) is 0 Å². The minimum Gasteiger partial charge on any atom is -0.298 e. The highest BCUT2D eigenvalue weighted by Gasteiger charge is 2.03. The van der Waals surface area contributed by atoms with Crippen molar-refractivity contribution in [3.63, 3.8) is 0 Å². The van der Waals surface area contributed by atoms with Crippen LogP contribution >= 0.6 is 11.6 Å². The molecule has 4 heteroatoms. The van der Waals surface area contributed by atoms with Gasteiger partial charge in [-0.3, -0.25) is 4.79 Å². The van der Waals surface area contributed by atoms with E-state index in [1.54, 1.807) is 18.2 Å². The Morgan fingerprint density at radius 3 is 2.41 bits per heavy atom. The molecule has 2 aromatic rings. The largest absolute Gasteiger partial charge is 0.298 e. The first-order valence-electron chi connectivity index (χ1n) is 5.02. The predicted molar refractivity (Wildman–Crippen MR) is 67.5 cm³/mol. The van der Waals surface area contributed by atoms with E-state index in [9.17, 15) is 4.79 Å². The van der Waals surface area contributed by atoms with Gasteiger partial charge in [-0.2, -0.15) is 5.11 Å². The molecule has 0 fully saturated rings. The van der Waals surface area contributed by atoms with Gasteiger partial charge in [0.25, 0.3) is 0 Å². The summed E-state index contributed by atoms with van der Waals surface area (Å²) in [4.78, 5) is 10.7. The molecular formula is C13H9ClN2O. The van der Waals surface area contributed by atoms with Crippen LogP contribution in [-0.2, 0) is 0 Å². The van der Waals surface area contributed by atoms with Gasteiger partial charge in [0.15, 0.2) is 6.29 Å². The number of hydrogen-bond donors (Lipinski definition) is 0. The lowest BCUT2D eigenvalue weighted by Gasteiger charge is -1.98. The van der Waals surface area contributed by atoms with E-state index in [0.29, 0.717) is 22.6 Å². The van der Waals surface area contributed by atoms with Gasteiger partial charge in [-0.25, -0.2) is 0 Å². The van der Waals surface area contributed by atoms with Crippen LogP contribution in [-0.4, -0.2) is 6.29 Å². The maximum absolute atomic E-state index is 10.7. The van der Waals surface area contributed by atoms with E-state index in [2.05, 4.69) is 10.2 Å². The molecule has 0 aromatic heterocycles. The Labute approximate surface area is 104 Å². The average Bonchev–Trinajstić information content (AvgIpc) is 2.39. The summed E-state index contributed by atoms with van der Waals surface area (Å²) in [6.07, 6.45) is 0.698. The number of aldehydes is 1. The van der Waals surface area contributed by atoms with Crippen LogP contribution < -0.4 is 0 Å². The van der Waals surface area contributed by atoms with Crippen molar-refractivity contribution in [1.82, 2.24) is 0 Å². The van der Waals surface area contributed by atoms with Crippen LogP contribution in [0.15, 0.2) is 58.8 Å². The van der Waals surface area contributed by atoms with E-state index >= 15 is 0 Å². The molecule has 0 saturated heterocycles. The molecule has 0 heterocycles. The molecule has 0 aliphatic carbocycles. The van der Waals surface area contributed by atoms with Gasteiger partial charge in [-0.1, -0.05) is 41.9 Å². The molecule has 0 unspecified atom stereocenters. The van der Waals surface area contributed by atoms with E-state index in [4.69, 9.17) is 11.6 Å². The van der Waals surface area contributed by atoms with E-state index in [-0.39, 0.29) is 0 Å². The van der Waals surface area contributed by atoms with Crippen molar-refractivity contribution in [3.8, 4) is 0 Å². The summed E-state index contributed by atoms with van der Waals surface area (Å²) in [5.74, 6) is 0. The molecule has 0 bridgehead atoms. The summed E-state index contributed by atoms with van der Waals surface area (Å²) in [5, 5.41) is 8.38. The summed E-state index contributed by atoms with van der Waals surface area (Å²) >= 11 is 5.99. The number of benzene rings is 2. The second kappa shape index (κ2) is 5.37. The fourth-order valence-electron chi connectivity index (χ4n) is 1.31. The number of hydrogen-bond acceptors (Lipinski definition) is 3. The molecule has 0 N–H and O–H groups in total. The van der Waals surface area contributed by atoms with Crippen molar-refractivity contribution in [2.24, 2.45) is 10.2 Å². The van der Waals surface area contributed by atoms with Crippen LogP contribution in [0.2, 0.25) is 5.02 Å². The van der Waals surface area contributed by atoms with Crippen LogP contribution in [0.1, 0.15) is 10.4 Å². The van der Waals surface area contributed by atoms with E-state index in [1.807, 2.05) is 30.3 Å². The fourth-order valence-corrected chi connectivity index (χ4v) is 1.52. The van der Waals surface area contributed by atoms with Gasteiger partial charge >= 0.3 is 0 Å². The van der Waals surface area contributed by atoms with Crippen LogP contribution in [0.3, 0.4) is 0 Å². The normalized spacial score (nSPS) is 10.6. The molecule has 17 heavy (non-hydrogen) atoms. The molecule has 2 rings (SSSR count).